The van der Waals surface area contributed by atoms with Crippen LogP contribution in [0.5, 0.6) is 0 Å². The molecule has 6 heteroatoms. The molecule has 0 amide bonds. The van der Waals surface area contributed by atoms with Gasteiger partial charge in [0.1, 0.15) is 0 Å². The standard InChI is InChI=1S/C11H18N2O3S/c1-7-11(9(3)14)8(2)13(12-7)10-4-5-17(15,16)6-10/h9-10,14H,4-6H2,1-3H3. The van der Waals surface area contributed by atoms with Crippen LogP contribution in [0.25, 0.3) is 0 Å². The number of aliphatic hydroxyl groups excluding tert-OH is 1. The molecule has 1 fully saturated rings. The van der Waals surface area contributed by atoms with Gasteiger partial charge in [-0.15, -0.1) is 0 Å². The molecular weight excluding hydrogens is 240 g/mol. The molecule has 96 valence electrons. The van der Waals surface area contributed by atoms with Crippen molar-refractivity contribution in [2.24, 2.45) is 0 Å². The van der Waals surface area contributed by atoms with Gasteiger partial charge in [0.15, 0.2) is 9.84 Å². The third kappa shape index (κ3) is 2.24. The predicted octanol–water partition coefficient (Wildman–Crippen LogP) is 0.913. The number of aliphatic hydroxyl groups is 1. The van der Waals surface area contributed by atoms with Crippen molar-refractivity contribution < 1.29 is 13.5 Å². The first kappa shape index (κ1) is 12.6. The van der Waals surface area contributed by atoms with E-state index >= 15 is 0 Å². The first-order valence-corrected chi connectivity index (χ1v) is 7.58. The average Bonchev–Trinajstić information content (AvgIpc) is 2.67. The minimum atomic E-state index is -2.91. The number of sulfone groups is 1. The van der Waals surface area contributed by atoms with Crippen LogP contribution in [0.2, 0.25) is 0 Å². The second-order valence-electron chi connectivity index (χ2n) is 4.76. The van der Waals surface area contributed by atoms with Gasteiger partial charge in [-0.25, -0.2) is 8.42 Å². The summed E-state index contributed by atoms with van der Waals surface area (Å²) in [7, 11) is -2.91. The van der Waals surface area contributed by atoms with Gasteiger partial charge < -0.3 is 5.11 Å². The number of nitrogens with zero attached hydrogens (tertiary/aromatic N) is 2. The fourth-order valence-electron chi connectivity index (χ4n) is 2.60. The van der Waals surface area contributed by atoms with Gasteiger partial charge in [-0.3, -0.25) is 4.68 Å². The largest absolute Gasteiger partial charge is 0.389 e. The third-order valence-electron chi connectivity index (χ3n) is 3.35. The van der Waals surface area contributed by atoms with Crippen molar-refractivity contribution in [1.29, 1.82) is 0 Å². The predicted molar refractivity (Wildman–Crippen MR) is 64.6 cm³/mol. The molecule has 1 aromatic heterocycles. The van der Waals surface area contributed by atoms with Crippen LogP contribution in [0.1, 0.15) is 42.4 Å². The van der Waals surface area contributed by atoms with E-state index in [0.717, 1.165) is 17.0 Å². The van der Waals surface area contributed by atoms with E-state index in [1.165, 1.54) is 0 Å². The lowest BCUT2D eigenvalue weighted by molar-refractivity contribution is 0.197. The highest BCUT2D eigenvalue weighted by molar-refractivity contribution is 7.91. The van der Waals surface area contributed by atoms with Gasteiger partial charge in [-0.05, 0) is 27.2 Å². The fraction of sp³-hybridized carbons (Fsp3) is 0.727. The zero-order valence-corrected chi connectivity index (χ0v) is 11.2. The van der Waals surface area contributed by atoms with Crippen LogP contribution < -0.4 is 0 Å². The Morgan fingerprint density at radius 1 is 1.47 bits per heavy atom. The summed E-state index contributed by atoms with van der Waals surface area (Å²) in [5, 5.41) is 14.0. The SMILES string of the molecule is Cc1nn(C2CCS(=O)(=O)C2)c(C)c1C(C)O. The van der Waals surface area contributed by atoms with Crippen molar-refractivity contribution in [1.82, 2.24) is 9.78 Å². The maximum atomic E-state index is 11.5. The van der Waals surface area contributed by atoms with Crippen molar-refractivity contribution in [3.8, 4) is 0 Å². The van der Waals surface area contributed by atoms with E-state index < -0.39 is 15.9 Å². The van der Waals surface area contributed by atoms with Gasteiger partial charge in [0.2, 0.25) is 0 Å². The molecule has 0 bridgehead atoms. The molecule has 1 aromatic rings. The highest BCUT2D eigenvalue weighted by atomic mass is 32.2. The molecule has 2 atom stereocenters. The Bertz CT molecular complexity index is 531. The lowest BCUT2D eigenvalue weighted by Crippen LogP contribution is -2.14. The van der Waals surface area contributed by atoms with Crippen LogP contribution in [-0.2, 0) is 9.84 Å². The van der Waals surface area contributed by atoms with Crippen LogP contribution in [0.3, 0.4) is 0 Å². The molecule has 0 radical (unpaired) electrons. The smallest absolute Gasteiger partial charge is 0.152 e. The molecule has 5 nitrogen and oxygen atoms in total. The summed E-state index contributed by atoms with van der Waals surface area (Å²) in [5.74, 6) is 0.397. The Kier molecular flexibility index (Phi) is 3.03. The lowest BCUT2D eigenvalue weighted by Gasteiger charge is -2.12. The summed E-state index contributed by atoms with van der Waals surface area (Å²) >= 11 is 0. The zero-order valence-electron chi connectivity index (χ0n) is 10.3. The Labute approximate surface area is 101 Å². The van der Waals surface area contributed by atoms with Gasteiger partial charge in [0.05, 0.1) is 29.3 Å². The molecule has 1 N–H and O–H groups in total. The van der Waals surface area contributed by atoms with Gasteiger partial charge in [-0.1, -0.05) is 0 Å². The Morgan fingerprint density at radius 2 is 2.12 bits per heavy atom. The van der Waals surface area contributed by atoms with Crippen molar-refractivity contribution in [2.75, 3.05) is 11.5 Å². The van der Waals surface area contributed by atoms with Crippen molar-refractivity contribution in [3.05, 3.63) is 17.0 Å². The van der Waals surface area contributed by atoms with Crippen molar-refractivity contribution in [3.63, 3.8) is 0 Å². The van der Waals surface area contributed by atoms with Crippen LogP contribution in [-0.4, -0.2) is 34.8 Å². The van der Waals surface area contributed by atoms with Crippen LogP contribution in [0.15, 0.2) is 0 Å². The number of hydrogen-bond donors (Lipinski definition) is 1. The van der Waals surface area contributed by atoms with E-state index in [2.05, 4.69) is 5.10 Å². The second kappa shape index (κ2) is 4.10. The molecule has 2 unspecified atom stereocenters. The molecule has 1 saturated heterocycles. The third-order valence-corrected chi connectivity index (χ3v) is 5.10. The number of rotatable bonds is 2. The minimum absolute atomic E-state index is 0.0776. The van der Waals surface area contributed by atoms with E-state index in [0.29, 0.717) is 6.42 Å². The molecule has 2 heterocycles. The first-order valence-electron chi connectivity index (χ1n) is 5.76. The average molecular weight is 258 g/mol. The van der Waals surface area contributed by atoms with E-state index in [9.17, 15) is 13.5 Å². The zero-order chi connectivity index (χ0) is 12.8. The summed E-state index contributed by atoms with van der Waals surface area (Å²) in [4.78, 5) is 0. The summed E-state index contributed by atoms with van der Waals surface area (Å²) in [6.45, 7) is 5.43. The highest BCUT2D eigenvalue weighted by Gasteiger charge is 2.31. The Hall–Kier alpha value is -0.880. The maximum Gasteiger partial charge on any atom is 0.152 e. The lowest BCUT2D eigenvalue weighted by atomic mass is 10.1. The van der Waals surface area contributed by atoms with Gasteiger partial charge >= 0.3 is 0 Å². The molecule has 0 aromatic carbocycles. The van der Waals surface area contributed by atoms with E-state index in [1.807, 2.05) is 13.8 Å². The van der Waals surface area contributed by atoms with Crippen LogP contribution in [0.4, 0.5) is 0 Å². The van der Waals surface area contributed by atoms with Gasteiger partial charge in [0.25, 0.3) is 0 Å². The maximum absolute atomic E-state index is 11.5. The fourth-order valence-corrected chi connectivity index (χ4v) is 4.30. The van der Waals surface area contributed by atoms with Gasteiger partial charge in [0, 0.05) is 11.3 Å². The topological polar surface area (TPSA) is 72.2 Å². The highest BCUT2D eigenvalue weighted by Crippen LogP contribution is 2.29. The normalized spacial score (nSPS) is 25.1. The Morgan fingerprint density at radius 3 is 2.53 bits per heavy atom. The van der Waals surface area contributed by atoms with Crippen molar-refractivity contribution >= 4 is 9.84 Å². The van der Waals surface area contributed by atoms with E-state index in [4.69, 9.17) is 0 Å². The molecule has 1 aliphatic rings. The monoisotopic (exact) mass is 258 g/mol. The van der Waals surface area contributed by atoms with Crippen molar-refractivity contribution in [2.45, 2.75) is 39.3 Å². The van der Waals surface area contributed by atoms with Gasteiger partial charge in [-0.2, -0.15) is 5.10 Å². The quantitative estimate of drug-likeness (QED) is 0.856. The second-order valence-corrected chi connectivity index (χ2v) is 6.99. The van der Waals surface area contributed by atoms with Crippen LogP contribution >= 0.6 is 0 Å². The summed E-state index contributed by atoms with van der Waals surface area (Å²) in [5.41, 5.74) is 2.47. The first-order chi connectivity index (χ1) is 7.82. The molecule has 2 rings (SSSR count). The minimum Gasteiger partial charge on any atom is -0.389 e. The number of hydrogen-bond acceptors (Lipinski definition) is 4. The molecule has 17 heavy (non-hydrogen) atoms. The molecule has 0 saturated carbocycles. The Balaban J connectivity index is 2.38. The molecular formula is C11H18N2O3S. The summed E-state index contributed by atoms with van der Waals surface area (Å²) in [6, 6.07) is -0.0776. The molecule has 0 aliphatic carbocycles. The summed E-state index contributed by atoms with van der Waals surface area (Å²) in [6.07, 6.45) is 0.0468. The molecule has 1 aliphatic heterocycles. The van der Waals surface area contributed by atoms with E-state index in [-0.39, 0.29) is 17.5 Å². The van der Waals surface area contributed by atoms with Crippen LogP contribution in [0, 0.1) is 13.8 Å². The number of aromatic nitrogens is 2. The van der Waals surface area contributed by atoms with E-state index in [1.54, 1.807) is 11.6 Å². The summed E-state index contributed by atoms with van der Waals surface area (Å²) < 4.78 is 24.7. The number of aryl methyl sites for hydroxylation is 1. The molecule has 0 spiro atoms.